The van der Waals surface area contributed by atoms with Crippen LogP contribution in [-0.4, -0.2) is 36.5 Å². The number of carbonyl (C=O) groups is 1. The Balaban J connectivity index is 2.33. The summed E-state index contributed by atoms with van der Waals surface area (Å²) in [5.41, 5.74) is 0.127. The summed E-state index contributed by atoms with van der Waals surface area (Å²) in [6, 6.07) is 2.66. The maximum Gasteiger partial charge on any atom is 0.312 e. The van der Waals surface area contributed by atoms with Crippen LogP contribution in [0.3, 0.4) is 0 Å². The van der Waals surface area contributed by atoms with Crippen molar-refractivity contribution in [3.8, 4) is 0 Å². The molecule has 1 amide bonds. The predicted octanol–water partition coefficient (Wildman–Crippen LogP) is 0.950. The number of nitro groups is 1. The number of amides is 1. The highest BCUT2D eigenvalue weighted by Gasteiger charge is 2.37. The highest BCUT2D eigenvalue weighted by Crippen LogP contribution is 2.31. The van der Waals surface area contributed by atoms with Crippen LogP contribution < -0.4 is 4.90 Å². The van der Waals surface area contributed by atoms with Gasteiger partial charge >= 0.3 is 15.9 Å². The summed E-state index contributed by atoms with van der Waals surface area (Å²) >= 11 is 0. The van der Waals surface area contributed by atoms with Crippen LogP contribution in [0.4, 0.5) is 15.4 Å². The highest BCUT2D eigenvalue weighted by atomic mass is 32.3. The third-order valence-electron chi connectivity index (χ3n) is 3.09. The molecule has 1 aromatic rings. The zero-order chi connectivity index (χ0) is 15.8. The Bertz CT molecular complexity index is 706. The van der Waals surface area contributed by atoms with Gasteiger partial charge in [-0.1, -0.05) is 0 Å². The fourth-order valence-electron chi connectivity index (χ4n) is 2.26. The minimum Gasteiger partial charge on any atom is -0.291 e. The first kappa shape index (κ1) is 15.3. The second kappa shape index (κ2) is 5.35. The Morgan fingerprint density at radius 3 is 2.76 bits per heavy atom. The number of nitrogens with zero attached hydrogens (tertiary/aromatic N) is 3. The van der Waals surface area contributed by atoms with Crippen LogP contribution in [0.5, 0.6) is 0 Å². The molecule has 0 bridgehead atoms. The highest BCUT2D eigenvalue weighted by molar-refractivity contribution is 7.86. The monoisotopic (exact) mass is 317 g/mol. The molecule has 114 valence electrons. The van der Waals surface area contributed by atoms with Crippen molar-refractivity contribution in [1.29, 1.82) is 0 Å². The van der Waals surface area contributed by atoms with Gasteiger partial charge < -0.3 is 0 Å². The van der Waals surface area contributed by atoms with Gasteiger partial charge in [0.2, 0.25) is 11.7 Å². The number of halogens is 1. The lowest BCUT2D eigenvalue weighted by atomic mass is 10.1. The van der Waals surface area contributed by atoms with Crippen LogP contribution in [0.15, 0.2) is 12.1 Å². The van der Waals surface area contributed by atoms with Crippen LogP contribution in [0.1, 0.15) is 12.1 Å². The number of pyridine rings is 1. The van der Waals surface area contributed by atoms with E-state index in [2.05, 4.69) is 4.98 Å². The van der Waals surface area contributed by atoms with Crippen LogP contribution in [-0.2, 0) is 15.0 Å². The molecule has 1 atom stereocenters. The van der Waals surface area contributed by atoms with E-state index < -0.39 is 32.7 Å². The first-order valence-corrected chi connectivity index (χ1v) is 7.57. The summed E-state index contributed by atoms with van der Waals surface area (Å²) < 4.78 is 34.0. The number of hydrogen-bond donors (Lipinski definition) is 0. The molecule has 0 aliphatic carbocycles. The van der Waals surface area contributed by atoms with Crippen LogP contribution in [0.25, 0.3) is 0 Å². The van der Waals surface area contributed by atoms with Crippen molar-refractivity contribution in [2.24, 2.45) is 5.92 Å². The van der Waals surface area contributed by atoms with E-state index in [0.29, 0.717) is 5.69 Å². The zero-order valence-corrected chi connectivity index (χ0v) is 11.8. The Hall–Kier alpha value is -2.10. The molecule has 1 aromatic heterocycles. The smallest absolute Gasteiger partial charge is 0.291 e. The van der Waals surface area contributed by atoms with Gasteiger partial charge in [0.25, 0.3) is 0 Å². The molecule has 0 N–H and O–H groups in total. The fourth-order valence-corrected chi connectivity index (χ4v) is 3.04. The van der Waals surface area contributed by atoms with E-state index in [1.165, 1.54) is 12.1 Å². The second-order valence-corrected chi connectivity index (χ2v) is 6.24. The van der Waals surface area contributed by atoms with E-state index >= 15 is 0 Å². The Morgan fingerprint density at radius 1 is 1.52 bits per heavy atom. The van der Waals surface area contributed by atoms with Crippen LogP contribution in [0, 0.1) is 23.0 Å². The molecule has 1 aliphatic heterocycles. The molecule has 2 rings (SSSR count). The van der Waals surface area contributed by atoms with E-state index in [9.17, 15) is 27.2 Å². The number of aryl methyl sites for hydroxylation is 1. The minimum absolute atomic E-state index is 0.112. The first-order valence-electron chi connectivity index (χ1n) is 6.02. The molecule has 1 aliphatic rings. The van der Waals surface area contributed by atoms with Gasteiger partial charge in [-0.2, -0.15) is 8.42 Å². The van der Waals surface area contributed by atoms with Crippen LogP contribution >= 0.6 is 0 Å². The molecule has 0 radical (unpaired) electrons. The normalized spacial score (nSPS) is 19.0. The first-order chi connectivity index (χ1) is 9.67. The summed E-state index contributed by atoms with van der Waals surface area (Å²) in [6.07, 6.45) is -0.185. The van der Waals surface area contributed by atoms with Crippen molar-refractivity contribution in [1.82, 2.24) is 4.98 Å². The minimum atomic E-state index is -4.70. The maximum atomic E-state index is 12.7. The van der Waals surface area contributed by atoms with Crippen molar-refractivity contribution in [2.75, 3.05) is 17.2 Å². The summed E-state index contributed by atoms with van der Waals surface area (Å²) in [4.78, 5) is 27.2. The SMILES string of the molecule is Cc1ccc([N+](=O)[O-])c(N2CC(CS(=O)(=O)F)CC2=O)n1. The molecule has 1 unspecified atom stereocenters. The van der Waals surface area contributed by atoms with Gasteiger partial charge in [0.05, 0.1) is 10.7 Å². The van der Waals surface area contributed by atoms with Crippen molar-refractivity contribution in [2.45, 2.75) is 13.3 Å². The van der Waals surface area contributed by atoms with Gasteiger partial charge in [0.15, 0.2) is 0 Å². The van der Waals surface area contributed by atoms with Gasteiger partial charge in [-0.25, -0.2) is 4.98 Å². The lowest BCUT2D eigenvalue weighted by Gasteiger charge is -2.15. The molecule has 2 heterocycles. The Kier molecular flexibility index (Phi) is 3.90. The summed E-state index contributed by atoms with van der Waals surface area (Å²) in [7, 11) is -4.70. The lowest BCUT2D eigenvalue weighted by molar-refractivity contribution is -0.384. The molecule has 10 heteroatoms. The van der Waals surface area contributed by atoms with Gasteiger partial charge in [-0.05, 0) is 13.0 Å². The predicted molar refractivity (Wildman–Crippen MR) is 71.0 cm³/mol. The number of rotatable bonds is 4. The van der Waals surface area contributed by atoms with E-state index in [1.807, 2.05) is 0 Å². The third kappa shape index (κ3) is 3.51. The van der Waals surface area contributed by atoms with Gasteiger partial charge in [-0.3, -0.25) is 19.8 Å². The number of aromatic nitrogens is 1. The average molecular weight is 317 g/mol. The molecule has 0 aromatic carbocycles. The van der Waals surface area contributed by atoms with Gasteiger partial charge in [0.1, 0.15) is 0 Å². The van der Waals surface area contributed by atoms with Crippen molar-refractivity contribution >= 4 is 27.6 Å². The summed E-state index contributed by atoms with van der Waals surface area (Å²) in [6.45, 7) is 1.50. The Morgan fingerprint density at radius 2 is 2.19 bits per heavy atom. The maximum absolute atomic E-state index is 12.7. The molecule has 0 spiro atoms. The van der Waals surface area contributed by atoms with Gasteiger partial charge in [0, 0.05) is 30.6 Å². The molecule has 0 saturated carbocycles. The fraction of sp³-hybridized carbons (Fsp3) is 0.455. The Labute approximate surface area is 119 Å². The number of carbonyl (C=O) groups excluding carboxylic acids is 1. The summed E-state index contributed by atoms with van der Waals surface area (Å²) in [5.74, 6) is -2.17. The summed E-state index contributed by atoms with van der Waals surface area (Å²) in [5, 5.41) is 11.0. The topological polar surface area (TPSA) is 110 Å². The van der Waals surface area contributed by atoms with Crippen molar-refractivity contribution in [3.05, 3.63) is 27.9 Å². The molecule has 1 saturated heterocycles. The zero-order valence-electron chi connectivity index (χ0n) is 11.0. The second-order valence-electron chi connectivity index (χ2n) is 4.83. The number of anilines is 1. The van der Waals surface area contributed by atoms with E-state index in [0.717, 1.165) is 4.90 Å². The van der Waals surface area contributed by atoms with E-state index in [1.54, 1.807) is 6.92 Å². The largest absolute Gasteiger partial charge is 0.312 e. The average Bonchev–Trinajstić information content (AvgIpc) is 2.66. The van der Waals surface area contributed by atoms with Crippen molar-refractivity contribution in [3.63, 3.8) is 0 Å². The molecule has 21 heavy (non-hydrogen) atoms. The number of hydrogen-bond acceptors (Lipinski definition) is 6. The van der Waals surface area contributed by atoms with Crippen LogP contribution in [0.2, 0.25) is 0 Å². The van der Waals surface area contributed by atoms with Gasteiger partial charge in [-0.15, -0.1) is 3.89 Å². The molecule has 8 nitrogen and oxygen atoms in total. The van der Waals surface area contributed by atoms with Crippen molar-refractivity contribution < 1.29 is 22.0 Å². The molecular weight excluding hydrogens is 305 g/mol. The standard InChI is InChI=1S/C11H12FN3O5S/c1-7-2-3-9(15(17)18)11(13-7)14-5-8(4-10(14)16)6-21(12,19)20/h2-3,8H,4-6H2,1H3. The van der Waals surface area contributed by atoms with E-state index in [4.69, 9.17) is 0 Å². The lowest BCUT2D eigenvalue weighted by Crippen LogP contribution is -2.27. The molecule has 1 fully saturated rings. The molecular formula is C11H12FN3O5S. The third-order valence-corrected chi connectivity index (χ3v) is 3.96. The quantitative estimate of drug-likeness (QED) is 0.464. The van der Waals surface area contributed by atoms with E-state index in [-0.39, 0.29) is 24.5 Å².